The molecule has 0 fully saturated rings. The van der Waals surface area contributed by atoms with Gasteiger partial charge in [0.2, 0.25) is 5.91 Å². The van der Waals surface area contributed by atoms with Crippen molar-refractivity contribution in [3.63, 3.8) is 0 Å². The summed E-state index contributed by atoms with van der Waals surface area (Å²) in [6, 6.07) is 15.0. The second-order valence-corrected chi connectivity index (χ2v) is 9.56. The minimum absolute atomic E-state index is 0.0378. The van der Waals surface area contributed by atoms with E-state index in [1.165, 1.54) is 0 Å². The van der Waals surface area contributed by atoms with Crippen LogP contribution in [-0.4, -0.2) is 54.5 Å². The van der Waals surface area contributed by atoms with Crippen molar-refractivity contribution < 1.29 is 29.0 Å². The second-order valence-electron chi connectivity index (χ2n) is 9.56. The van der Waals surface area contributed by atoms with Gasteiger partial charge in [-0.2, -0.15) is 0 Å². The summed E-state index contributed by atoms with van der Waals surface area (Å²) in [6.45, 7) is 6.79. The fourth-order valence-electron chi connectivity index (χ4n) is 4.10. The largest absolute Gasteiger partial charge is 0.481 e. The van der Waals surface area contributed by atoms with Crippen molar-refractivity contribution in [2.75, 3.05) is 19.8 Å². The predicted molar refractivity (Wildman–Crippen MR) is 132 cm³/mol. The summed E-state index contributed by atoms with van der Waals surface area (Å²) in [4.78, 5) is 36.3. The lowest BCUT2D eigenvalue weighted by molar-refractivity contribution is -0.137. The Kier molecular flexibility index (Phi) is 8.87. The minimum Gasteiger partial charge on any atom is -0.481 e. The average molecular weight is 483 g/mol. The molecule has 35 heavy (non-hydrogen) atoms. The maximum Gasteiger partial charge on any atom is 0.407 e. The highest BCUT2D eigenvalue weighted by atomic mass is 16.5. The maximum atomic E-state index is 12.6. The van der Waals surface area contributed by atoms with E-state index in [1.54, 1.807) is 0 Å². The first-order chi connectivity index (χ1) is 16.7. The Labute approximate surface area is 206 Å². The number of aliphatic carboxylic acids is 1. The van der Waals surface area contributed by atoms with Gasteiger partial charge in [-0.3, -0.25) is 9.59 Å². The summed E-state index contributed by atoms with van der Waals surface area (Å²) in [6.07, 6.45) is -0.452. The number of carboxylic acid groups (broad SMARTS) is 1. The van der Waals surface area contributed by atoms with Crippen LogP contribution in [0.25, 0.3) is 11.1 Å². The quantitative estimate of drug-likeness (QED) is 0.416. The molecule has 2 aromatic carbocycles. The van der Waals surface area contributed by atoms with E-state index >= 15 is 0 Å². The number of rotatable bonds is 11. The Hall–Kier alpha value is -3.39. The van der Waals surface area contributed by atoms with Crippen molar-refractivity contribution >= 4 is 18.0 Å². The minimum atomic E-state index is -1.05. The molecule has 1 unspecified atom stereocenters. The van der Waals surface area contributed by atoms with E-state index in [9.17, 15) is 14.4 Å². The molecule has 8 heteroatoms. The molecule has 0 spiro atoms. The molecule has 0 radical (unpaired) electrons. The third-order valence-corrected chi connectivity index (χ3v) is 5.75. The normalized spacial score (nSPS) is 13.5. The number of ether oxygens (including phenoxy) is 2. The van der Waals surface area contributed by atoms with Crippen molar-refractivity contribution in [1.29, 1.82) is 0 Å². The zero-order chi connectivity index (χ0) is 25.4. The van der Waals surface area contributed by atoms with E-state index in [0.29, 0.717) is 19.6 Å². The molecular formula is C27H34N2O6. The summed E-state index contributed by atoms with van der Waals surface area (Å²) in [5, 5.41) is 14.3. The Bertz CT molecular complexity index is 1000. The molecule has 1 aliphatic carbocycles. The van der Waals surface area contributed by atoms with Gasteiger partial charge in [0, 0.05) is 25.5 Å². The van der Waals surface area contributed by atoms with Gasteiger partial charge in [0.1, 0.15) is 12.6 Å². The summed E-state index contributed by atoms with van der Waals surface area (Å²) in [5.74, 6) is -1.60. The summed E-state index contributed by atoms with van der Waals surface area (Å²) < 4.78 is 11.1. The SMILES string of the molecule is CC(C)(C)OCCCNC(=O)C(CCC(=O)O)NC(=O)OCC1c2ccccc2-c2ccccc21. The number of benzene rings is 2. The van der Waals surface area contributed by atoms with Crippen LogP contribution in [0.3, 0.4) is 0 Å². The van der Waals surface area contributed by atoms with Crippen LogP contribution in [0, 0.1) is 0 Å². The zero-order valence-electron chi connectivity index (χ0n) is 20.5. The van der Waals surface area contributed by atoms with Gasteiger partial charge in [-0.15, -0.1) is 0 Å². The molecule has 2 aromatic rings. The molecule has 0 bridgehead atoms. The predicted octanol–water partition coefficient (Wildman–Crippen LogP) is 4.08. The Morgan fingerprint density at radius 1 is 1.00 bits per heavy atom. The lowest BCUT2D eigenvalue weighted by Gasteiger charge is -2.21. The van der Waals surface area contributed by atoms with Gasteiger partial charge < -0.3 is 25.2 Å². The van der Waals surface area contributed by atoms with Crippen LogP contribution in [0.2, 0.25) is 0 Å². The van der Waals surface area contributed by atoms with Crippen molar-refractivity contribution in [1.82, 2.24) is 10.6 Å². The molecule has 2 amide bonds. The lowest BCUT2D eigenvalue weighted by atomic mass is 9.98. The van der Waals surface area contributed by atoms with Crippen LogP contribution in [-0.2, 0) is 19.1 Å². The fourth-order valence-corrected chi connectivity index (χ4v) is 4.10. The van der Waals surface area contributed by atoms with Crippen molar-refractivity contribution in [3.8, 4) is 11.1 Å². The van der Waals surface area contributed by atoms with E-state index in [1.807, 2.05) is 69.3 Å². The van der Waals surface area contributed by atoms with Gasteiger partial charge in [-0.05, 0) is 55.9 Å². The molecule has 188 valence electrons. The zero-order valence-corrected chi connectivity index (χ0v) is 20.5. The third-order valence-electron chi connectivity index (χ3n) is 5.75. The number of amides is 2. The number of carboxylic acids is 1. The molecule has 3 rings (SSSR count). The van der Waals surface area contributed by atoms with Gasteiger partial charge >= 0.3 is 12.1 Å². The van der Waals surface area contributed by atoms with Crippen LogP contribution in [0.15, 0.2) is 48.5 Å². The van der Waals surface area contributed by atoms with Crippen LogP contribution in [0.1, 0.15) is 57.1 Å². The summed E-state index contributed by atoms with van der Waals surface area (Å²) in [7, 11) is 0. The number of alkyl carbamates (subject to hydrolysis) is 1. The molecule has 1 aliphatic rings. The number of hydrogen-bond acceptors (Lipinski definition) is 5. The first-order valence-corrected chi connectivity index (χ1v) is 11.9. The molecule has 3 N–H and O–H groups in total. The van der Waals surface area contributed by atoms with Crippen LogP contribution in [0.5, 0.6) is 0 Å². The van der Waals surface area contributed by atoms with Gasteiger partial charge in [0.15, 0.2) is 0 Å². The number of fused-ring (bicyclic) bond motifs is 3. The Balaban J connectivity index is 1.56. The molecule has 0 aromatic heterocycles. The molecular weight excluding hydrogens is 448 g/mol. The van der Waals surface area contributed by atoms with Crippen LogP contribution < -0.4 is 10.6 Å². The van der Waals surface area contributed by atoms with Gasteiger partial charge in [0.05, 0.1) is 5.60 Å². The Morgan fingerprint density at radius 3 is 2.17 bits per heavy atom. The van der Waals surface area contributed by atoms with E-state index in [2.05, 4.69) is 10.6 Å². The number of carbonyl (C=O) groups is 3. The topological polar surface area (TPSA) is 114 Å². The van der Waals surface area contributed by atoms with Crippen molar-refractivity contribution in [3.05, 3.63) is 59.7 Å². The third kappa shape index (κ3) is 7.55. The molecule has 0 heterocycles. The number of carbonyl (C=O) groups excluding carboxylic acids is 2. The van der Waals surface area contributed by atoms with E-state index < -0.39 is 24.0 Å². The van der Waals surface area contributed by atoms with Crippen LogP contribution in [0.4, 0.5) is 4.79 Å². The monoisotopic (exact) mass is 482 g/mol. The van der Waals surface area contributed by atoms with Crippen molar-refractivity contribution in [2.24, 2.45) is 0 Å². The molecule has 0 saturated carbocycles. The van der Waals surface area contributed by atoms with Crippen LogP contribution >= 0.6 is 0 Å². The Morgan fingerprint density at radius 2 is 1.60 bits per heavy atom. The summed E-state index contributed by atoms with van der Waals surface area (Å²) in [5.41, 5.74) is 4.13. The standard InChI is InChI=1S/C27H34N2O6/c1-27(2,3)35-16-8-15-28-25(32)23(13-14-24(30)31)29-26(33)34-17-22-20-11-6-4-9-18(20)19-10-5-7-12-21(19)22/h4-7,9-12,22-23H,8,13-17H2,1-3H3,(H,28,32)(H,29,33)(H,30,31). The van der Waals surface area contributed by atoms with E-state index in [-0.39, 0.29) is 31.0 Å². The second kappa shape index (κ2) is 11.8. The highest BCUT2D eigenvalue weighted by Gasteiger charge is 2.30. The molecule has 1 atom stereocenters. The highest BCUT2D eigenvalue weighted by Crippen LogP contribution is 2.44. The lowest BCUT2D eigenvalue weighted by Crippen LogP contribution is -2.47. The van der Waals surface area contributed by atoms with Gasteiger partial charge in [0.25, 0.3) is 0 Å². The summed E-state index contributed by atoms with van der Waals surface area (Å²) >= 11 is 0. The fraction of sp³-hybridized carbons (Fsp3) is 0.444. The first kappa shape index (κ1) is 26.2. The average Bonchev–Trinajstić information content (AvgIpc) is 3.13. The van der Waals surface area contributed by atoms with E-state index in [4.69, 9.17) is 14.6 Å². The molecule has 0 saturated heterocycles. The van der Waals surface area contributed by atoms with Crippen molar-refractivity contribution in [2.45, 2.75) is 57.6 Å². The number of nitrogens with one attached hydrogen (secondary N) is 2. The first-order valence-electron chi connectivity index (χ1n) is 11.9. The van der Waals surface area contributed by atoms with Gasteiger partial charge in [-0.25, -0.2) is 4.79 Å². The smallest absolute Gasteiger partial charge is 0.407 e. The maximum absolute atomic E-state index is 12.6. The van der Waals surface area contributed by atoms with Gasteiger partial charge in [-0.1, -0.05) is 48.5 Å². The number of hydrogen-bond donors (Lipinski definition) is 3. The van der Waals surface area contributed by atoms with E-state index in [0.717, 1.165) is 22.3 Å². The molecule has 0 aliphatic heterocycles. The highest BCUT2D eigenvalue weighted by molar-refractivity contribution is 5.86. The molecule has 8 nitrogen and oxygen atoms in total.